The SMILES string of the molecule is CCN(CCC(=O)O)C(=O)NCC1CCSCC1. The molecule has 2 N–H and O–H groups in total. The summed E-state index contributed by atoms with van der Waals surface area (Å²) in [7, 11) is 0. The Kier molecular flexibility index (Phi) is 6.93. The minimum absolute atomic E-state index is 0.00132. The first-order valence-electron chi connectivity index (χ1n) is 6.45. The van der Waals surface area contributed by atoms with Crippen molar-refractivity contribution >= 4 is 23.8 Å². The Morgan fingerprint density at radius 1 is 1.39 bits per heavy atom. The van der Waals surface area contributed by atoms with Crippen LogP contribution in [0.15, 0.2) is 0 Å². The second kappa shape index (κ2) is 8.24. The number of aliphatic carboxylic acids is 1. The van der Waals surface area contributed by atoms with Crippen LogP contribution in [0.4, 0.5) is 4.79 Å². The van der Waals surface area contributed by atoms with E-state index < -0.39 is 5.97 Å². The third-order valence-corrected chi connectivity index (χ3v) is 4.20. The average molecular weight is 274 g/mol. The van der Waals surface area contributed by atoms with Gasteiger partial charge in [0, 0.05) is 19.6 Å². The van der Waals surface area contributed by atoms with E-state index in [2.05, 4.69) is 5.32 Å². The Labute approximate surface area is 112 Å². The molecule has 0 aromatic heterocycles. The molecule has 0 atom stereocenters. The summed E-state index contributed by atoms with van der Waals surface area (Å²) < 4.78 is 0. The van der Waals surface area contributed by atoms with Crippen molar-refractivity contribution in [3.63, 3.8) is 0 Å². The fraction of sp³-hybridized carbons (Fsp3) is 0.833. The molecule has 2 amide bonds. The largest absolute Gasteiger partial charge is 0.481 e. The first kappa shape index (κ1) is 15.1. The van der Waals surface area contributed by atoms with E-state index in [0.717, 1.165) is 12.8 Å². The van der Waals surface area contributed by atoms with Crippen LogP contribution in [0.5, 0.6) is 0 Å². The molecule has 18 heavy (non-hydrogen) atoms. The van der Waals surface area contributed by atoms with Gasteiger partial charge in [-0.2, -0.15) is 11.8 Å². The molecule has 1 aliphatic rings. The van der Waals surface area contributed by atoms with Crippen molar-refractivity contribution in [1.29, 1.82) is 0 Å². The van der Waals surface area contributed by atoms with Crippen LogP contribution in [0.1, 0.15) is 26.2 Å². The van der Waals surface area contributed by atoms with E-state index >= 15 is 0 Å². The Balaban J connectivity index is 2.25. The third-order valence-electron chi connectivity index (χ3n) is 3.15. The summed E-state index contributed by atoms with van der Waals surface area (Å²) >= 11 is 1.97. The molecule has 0 aliphatic carbocycles. The normalized spacial score (nSPS) is 16.3. The molecule has 1 saturated heterocycles. The van der Waals surface area contributed by atoms with Crippen molar-refractivity contribution in [2.45, 2.75) is 26.2 Å². The molecule has 0 aromatic carbocycles. The molecule has 0 saturated carbocycles. The quantitative estimate of drug-likeness (QED) is 0.772. The van der Waals surface area contributed by atoms with Gasteiger partial charge in [-0.3, -0.25) is 4.79 Å². The number of hydrogen-bond acceptors (Lipinski definition) is 3. The van der Waals surface area contributed by atoms with Gasteiger partial charge in [0.25, 0.3) is 0 Å². The van der Waals surface area contributed by atoms with Gasteiger partial charge in [0.15, 0.2) is 0 Å². The zero-order valence-corrected chi connectivity index (χ0v) is 11.7. The number of nitrogens with one attached hydrogen (secondary N) is 1. The summed E-state index contributed by atoms with van der Waals surface area (Å²) in [4.78, 5) is 23.9. The zero-order valence-electron chi connectivity index (χ0n) is 10.9. The van der Waals surface area contributed by atoms with Crippen molar-refractivity contribution in [3.05, 3.63) is 0 Å². The minimum Gasteiger partial charge on any atom is -0.481 e. The summed E-state index contributed by atoms with van der Waals surface area (Å²) in [6.07, 6.45) is 2.32. The van der Waals surface area contributed by atoms with E-state index in [1.807, 2.05) is 18.7 Å². The summed E-state index contributed by atoms with van der Waals surface area (Å²) in [6.45, 7) is 3.39. The maximum atomic E-state index is 11.8. The summed E-state index contributed by atoms with van der Waals surface area (Å²) in [5, 5.41) is 11.5. The molecule has 0 radical (unpaired) electrons. The number of rotatable bonds is 6. The highest BCUT2D eigenvalue weighted by Gasteiger charge is 2.17. The Morgan fingerprint density at radius 2 is 2.06 bits per heavy atom. The molecule has 104 valence electrons. The van der Waals surface area contributed by atoms with Gasteiger partial charge in [0.2, 0.25) is 0 Å². The monoisotopic (exact) mass is 274 g/mol. The van der Waals surface area contributed by atoms with Crippen molar-refractivity contribution in [2.24, 2.45) is 5.92 Å². The molecular weight excluding hydrogens is 252 g/mol. The first-order valence-corrected chi connectivity index (χ1v) is 7.61. The smallest absolute Gasteiger partial charge is 0.317 e. The second-order valence-electron chi connectivity index (χ2n) is 4.47. The molecule has 1 fully saturated rings. The van der Waals surface area contributed by atoms with Gasteiger partial charge >= 0.3 is 12.0 Å². The van der Waals surface area contributed by atoms with Crippen molar-refractivity contribution in [3.8, 4) is 0 Å². The van der Waals surface area contributed by atoms with Crippen molar-refractivity contribution < 1.29 is 14.7 Å². The van der Waals surface area contributed by atoms with Crippen LogP contribution in [0.2, 0.25) is 0 Å². The predicted molar refractivity (Wildman–Crippen MR) is 72.9 cm³/mol. The molecule has 1 aliphatic heterocycles. The topological polar surface area (TPSA) is 69.6 Å². The minimum atomic E-state index is -0.870. The van der Waals surface area contributed by atoms with Crippen LogP contribution in [0, 0.1) is 5.92 Å². The van der Waals surface area contributed by atoms with Gasteiger partial charge in [-0.05, 0) is 37.2 Å². The molecule has 0 bridgehead atoms. The van der Waals surface area contributed by atoms with Crippen LogP contribution in [-0.4, -0.2) is 53.1 Å². The first-order chi connectivity index (χ1) is 8.63. The van der Waals surface area contributed by atoms with Crippen LogP contribution < -0.4 is 5.32 Å². The average Bonchev–Trinajstić information content (AvgIpc) is 2.38. The van der Waals surface area contributed by atoms with E-state index in [1.165, 1.54) is 11.5 Å². The Hall–Kier alpha value is -0.910. The molecule has 5 nitrogen and oxygen atoms in total. The Morgan fingerprint density at radius 3 is 2.61 bits per heavy atom. The van der Waals surface area contributed by atoms with E-state index in [1.54, 1.807) is 4.90 Å². The maximum Gasteiger partial charge on any atom is 0.317 e. The predicted octanol–water partition coefficient (Wildman–Crippen LogP) is 1.64. The highest BCUT2D eigenvalue weighted by molar-refractivity contribution is 7.99. The molecular formula is C12H22N2O3S. The fourth-order valence-corrected chi connectivity index (χ4v) is 3.13. The molecule has 1 rings (SSSR count). The van der Waals surface area contributed by atoms with Gasteiger partial charge in [-0.15, -0.1) is 0 Å². The van der Waals surface area contributed by atoms with Gasteiger partial charge < -0.3 is 15.3 Å². The van der Waals surface area contributed by atoms with E-state index in [9.17, 15) is 9.59 Å². The van der Waals surface area contributed by atoms with E-state index in [-0.39, 0.29) is 19.0 Å². The Bertz CT molecular complexity index is 280. The van der Waals surface area contributed by atoms with Gasteiger partial charge in [0.05, 0.1) is 6.42 Å². The van der Waals surface area contributed by atoms with Gasteiger partial charge in [-0.25, -0.2) is 4.79 Å². The van der Waals surface area contributed by atoms with Crippen LogP contribution in [0.25, 0.3) is 0 Å². The van der Waals surface area contributed by atoms with Crippen LogP contribution in [-0.2, 0) is 4.79 Å². The lowest BCUT2D eigenvalue weighted by Crippen LogP contribution is -2.43. The van der Waals surface area contributed by atoms with E-state index in [0.29, 0.717) is 19.0 Å². The number of urea groups is 1. The van der Waals surface area contributed by atoms with Crippen molar-refractivity contribution in [2.75, 3.05) is 31.1 Å². The molecule has 6 heteroatoms. The van der Waals surface area contributed by atoms with Crippen molar-refractivity contribution in [1.82, 2.24) is 10.2 Å². The number of carboxylic acids is 1. The number of thioether (sulfide) groups is 1. The number of carbonyl (C=O) groups excluding carboxylic acids is 1. The van der Waals surface area contributed by atoms with Gasteiger partial charge in [-0.1, -0.05) is 0 Å². The third kappa shape index (κ3) is 5.62. The van der Waals surface area contributed by atoms with E-state index in [4.69, 9.17) is 5.11 Å². The summed E-state index contributed by atoms with van der Waals surface area (Å²) in [5.41, 5.74) is 0. The second-order valence-corrected chi connectivity index (χ2v) is 5.69. The molecule has 0 spiro atoms. The lowest BCUT2D eigenvalue weighted by Gasteiger charge is -2.25. The number of nitrogens with zero attached hydrogens (tertiary/aromatic N) is 1. The maximum absolute atomic E-state index is 11.8. The molecule has 0 aromatic rings. The number of carboxylic acid groups (broad SMARTS) is 1. The summed E-state index contributed by atoms with van der Waals surface area (Å²) in [6, 6.07) is -0.142. The van der Waals surface area contributed by atoms with Gasteiger partial charge in [0.1, 0.15) is 0 Å². The molecule has 0 unspecified atom stereocenters. The highest BCUT2D eigenvalue weighted by atomic mass is 32.2. The summed E-state index contributed by atoms with van der Waals surface area (Å²) in [5.74, 6) is 2.06. The highest BCUT2D eigenvalue weighted by Crippen LogP contribution is 2.21. The van der Waals surface area contributed by atoms with Crippen LogP contribution >= 0.6 is 11.8 Å². The fourth-order valence-electron chi connectivity index (χ4n) is 1.93. The zero-order chi connectivity index (χ0) is 13.4. The molecule has 1 heterocycles. The number of carbonyl (C=O) groups is 2. The van der Waals surface area contributed by atoms with Crippen LogP contribution in [0.3, 0.4) is 0 Å². The lowest BCUT2D eigenvalue weighted by atomic mass is 10.0. The standard InChI is InChI=1S/C12H22N2O3S/c1-2-14(6-3-11(15)16)12(17)13-9-10-4-7-18-8-5-10/h10H,2-9H2,1H3,(H,13,17)(H,15,16). The lowest BCUT2D eigenvalue weighted by molar-refractivity contribution is -0.137. The number of amides is 2. The number of hydrogen-bond donors (Lipinski definition) is 2.